The molecule has 1 rings (SSSR count). The lowest BCUT2D eigenvalue weighted by atomic mass is 10.0. The Kier molecular flexibility index (Phi) is 9.87. The molecular formula is C17H26INO4. The molecular weight excluding hydrogens is 409 g/mol. The highest BCUT2D eigenvalue weighted by Crippen LogP contribution is 2.17. The molecule has 0 bridgehead atoms. The van der Waals surface area contributed by atoms with E-state index in [1.807, 2.05) is 73.7 Å². The number of hydrogen-bond acceptors (Lipinski definition) is 4. The van der Waals surface area contributed by atoms with Crippen molar-refractivity contribution >= 4 is 34.7 Å². The second-order valence-corrected chi connectivity index (χ2v) is 8.46. The first kappa shape index (κ1) is 21.7. The van der Waals surface area contributed by atoms with E-state index in [4.69, 9.17) is 10.5 Å². The van der Waals surface area contributed by atoms with Gasteiger partial charge in [0.2, 0.25) is 0 Å². The molecule has 0 radical (unpaired) electrons. The van der Waals surface area contributed by atoms with Crippen LogP contribution in [0.4, 0.5) is 4.79 Å². The van der Waals surface area contributed by atoms with Gasteiger partial charge in [0, 0.05) is 0 Å². The van der Waals surface area contributed by atoms with E-state index in [1.165, 1.54) is 5.56 Å². The number of carbonyl (C=O) groups is 2. The van der Waals surface area contributed by atoms with Gasteiger partial charge in [-0.25, -0.2) is 4.79 Å². The van der Waals surface area contributed by atoms with Crippen molar-refractivity contribution in [2.45, 2.75) is 50.8 Å². The first-order valence-corrected chi connectivity index (χ1v) is 8.51. The Morgan fingerprint density at radius 1 is 1.17 bits per heavy atom. The van der Waals surface area contributed by atoms with E-state index < -0.39 is 9.70 Å². The number of hydrogen-bond donors (Lipinski definition) is 1. The van der Waals surface area contributed by atoms with Crippen LogP contribution in [0.1, 0.15) is 40.2 Å². The minimum absolute atomic E-state index is 0.0317. The molecule has 1 amide bonds. The highest BCUT2D eigenvalue weighted by atomic mass is 127. The third-order valence-corrected chi connectivity index (χ3v) is 2.70. The summed E-state index contributed by atoms with van der Waals surface area (Å²) in [6.45, 7) is 9.13. The Hall–Kier alpha value is -1.31. The first-order chi connectivity index (χ1) is 10.5. The summed E-state index contributed by atoms with van der Waals surface area (Å²) in [5.74, 6) is -0.191. The van der Waals surface area contributed by atoms with Gasteiger partial charge in [-0.1, -0.05) is 37.3 Å². The van der Waals surface area contributed by atoms with Gasteiger partial charge in [-0.15, -0.1) is 0 Å². The number of esters is 1. The van der Waals surface area contributed by atoms with E-state index in [9.17, 15) is 9.59 Å². The summed E-state index contributed by atoms with van der Waals surface area (Å²) in [6.07, 6.45) is -0.0213. The zero-order chi connectivity index (χ0) is 18.0. The van der Waals surface area contributed by atoms with Gasteiger partial charge in [-0.05, 0) is 62.3 Å². The van der Waals surface area contributed by atoms with Gasteiger partial charge in [0.25, 0.3) is 0 Å². The van der Waals surface area contributed by atoms with Crippen molar-refractivity contribution in [3.05, 3.63) is 35.9 Å². The van der Waals surface area contributed by atoms with Crippen molar-refractivity contribution in [3.8, 4) is 0 Å². The van der Waals surface area contributed by atoms with Gasteiger partial charge >= 0.3 is 12.1 Å². The molecule has 0 unspecified atom stereocenters. The number of primary amides is 1. The molecule has 2 N–H and O–H groups in total. The maximum absolute atomic E-state index is 11.5. The normalized spacial score (nSPS) is 12.0. The Labute approximate surface area is 152 Å². The van der Waals surface area contributed by atoms with Crippen molar-refractivity contribution in [1.29, 1.82) is 0 Å². The van der Waals surface area contributed by atoms with Crippen LogP contribution in [-0.2, 0) is 20.7 Å². The van der Waals surface area contributed by atoms with E-state index in [0.29, 0.717) is 0 Å². The number of carbonyl (C=O) groups excluding carboxylic acids is 2. The molecule has 6 heteroatoms. The maximum Gasteiger partial charge on any atom is 0.405 e. The van der Waals surface area contributed by atoms with Crippen LogP contribution in [0, 0.1) is 5.92 Å². The minimum Gasteiger partial charge on any atom is -0.463 e. The SMILES string of the molecule is CC(C)(I)OC(N)=O.CC(C)OC(=O)[C@H](C)Cc1ccccc1. The highest BCUT2D eigenvalue weighted by molar-refractivity contribution is 14.1. The summed E-state index contributed by atoms with van der Waals surface area (Å²) in [5, 5.41) is 0. The molecule has 0 aliphatic rings. The standard InChI is InChI=1S/C13H18O2.C4H8INO2/c1-10(2)15-13(14)11(3)9-12-7-5-4-6-8-12;1-4(2,5)8-3(6)7/h4-8,10-11H,9H2,1-3H3;1-2H3,(H2,6,7)/t11-;/m1./s1. The summed E-state index contributed by atoms with van der Waals surface area (Å²) in [4.78, 5) is 21.5. The molecule has 130 valence electrons. The lowest BCUT2D eigenvalue weighted by Crippen LogP contribution is -2.24. The molecule has 0 fully saturated rings. The second-order valence-electron chi connectivity index (χ2n) is 5.86. The number of halogens is 1. The van der Waals surface area contributed by atoms with Gasteiger partial charge in [0.15, 0.2) is 3.61 Å². The molecule has 5 nitrogen and oxygen atoms in total. The van der Waals surface area contributed by atoms with Crippen LogP contribution in [0.15, 0.2) is 30.3 Å². The van der Waals surface area contributed by atoms with E-state index >= 15 is 0 Å². The van der Waals surface area contributed by atoms with Crippen molar-refractivity contribution in [3.63, 3.8) is 0 Å². The van der Waals surface area contributed by atoms with Crippen LogP contribution < -0.4 is 5.73 Å². The quantitative estimate of drug-likeness (QED) is 0.430. The first-order valence-electron chi connectivity index (χ1n) is 7.43. The number of ether oxygens (including phenoxy) is 2. The summed E-state index contributed by atoms with van der Waals surface area (Å²) >= 11 is 1.97. The fourth-order valence-electron chi connectivity index (χ4n) is 1.64. The molecule has 0 aromatic heterocycles. The van der Waals surface area contributed by atoms with Crippen LogP contribution in [0.2, 0.25) is 0 Å². The van der Waals surface area contributed by atoms with Crippen LogP contribution in [0.25, 0.3) is 0 Å². The second kappa shape index (κ2) is 10.5. The van der Waals surface area contributed by atoms with Gasteiger partial charge < -0.3 is 15.2 Å². The van der Waals surface area contributed by atoms with Gasteiger partial charge in [-0.3, -0.25) is 4.79 Å². The molecule has 1 aromatic rings. The van der Waals surface area contributed by atoms with Crippen LogP contribution in [0.3, 0.4) is 0 Å². The van der Waals surface area contributed by atoms with E-state index in [2.05, 4.69) is 4.74 Å². The van der Waals surface area contributed by atoms with Gasteiger partial charge in [0.05, 0.1) is 12.0 Å². The zero-order valence-electron chi connectivity index (χ0n) is 14.3. The van der Waals surface area contributed by atoms with Gasteiger partial charge in [-0.2, -0.15) is 0 Å². The molecule has 0 aliphatic carbocycles. The number of rotatable bonds is 5. The molecule has 0 saturated heterocycles. The molecule has 0 spiro atoms. The zero-order valence-corrected chi connectivity index (χ0v) is 16.5. The van der Waals surface area contributed by atoms with Crippen LogP contribution >= 0.6 is 22.6 Å². The largest absolute Gasteiger partial charge is 0.463 e. The predicted octanol–water partition coefficient (Wildman–Crippen LogP) is 4.07. The molecule has 0 aliphatic heterocycles. The third-order valence-electron chi connectivity index (χ3n) is 2.48. The molecule has 23 heavy (non-hydrogen) atoms. The minimum atomic E-state index is -0.732. The number of alkyl halides is 1. The van der Waals surface area contributed by atoms with Crippen molar-refractivity contribution in [2.24, 2.45) is 11.7 Å². The Morgan fingerprint density at radius 2 is 1.70 bits per heavy atom. The van der Waals surface area contributed by atoms with E-state index in [0.717, 1.165) is 6.42 Å². The Bertz CT molecular complexity index is 483. The predicted molar refractivity (Wildman–Crippen MR) is 99.3 cm³/mol. The fraction of sp³-hybridized carbons (Fsp3) is 0.529. The summed E-state index contributed by atoms with van der Waals surface area (Å²) < 4.78 is 9.23. The Balaban J connectivity index is 0.000000515. The Morgan fingerprint density at radius 3 is 2.04 bits per heavy atom. The van der Waals surface area contributed by atoms with E-state index in [1.54, 1.807) is 13.8 Å². The third kappa shape index (κ3) is 12.9. The lowest BCUT2D eigenvalue weighted by Gasteiger charge is -2.14. The highest BCUT2D eigenvalue weighted by Gasteiger charge is 2.16. The lowest BCUT2D eigenvalue weighted by molar-refractivity contribution is -0.151. The van der Waals surface area contributed by atoms with Crippen molar-refractivity contribution in [2.75, 3.05) is 0 Å². The van der Waals surface area contributed by atoms with Crippen molar-refractivity contribution in [1.82, 2.24) is 0 Å². The molecule has 1 aromatic carbocycles. The van der Waals surface area contributed by atoms with Crippen LogP contribution in [-0.4, -0.2) is 21.8 Å². The number of amides is 1. The molecule has 0 saturated carbocycles. The number of nitrogens with two attached hydrogens (primary N) is 1. The smallest absolute Gasteiger partial charge is 0.405 e. The topological polar surface area (TPSA) is 78.6 Å². The van der Waals surface area contributed by atoms with Crippen molar-refractivity contribution < 1.29 is 19.1 Å². The summed E-state index contributed by atoms with van der Waals surface area (Å²) in [5.41, 5.74) is 5.88. The average Bonchev–Trinajstić information content (AvgIpc) is 2.36. The number of benzene rings is 1. The van der Waals surface area contributed by atoms with Crippen LogP contribution in [0.5, 0.6) is 0 Å². The monoisotopic (exact) mass is 435 g/mol. The maximum atomic E-state index is 11.5. The molecule has 0 heterocycles. The summed E-state index contributed by atoms with van der Waals surface area (Å²) in [7, 11) is 0. The average molecular weight is 435 g/mol. The fourth-order valence-corrected chi connectivity index (χ4v) is 1.86. The molecule has 1 atom stereocenters. The van der Waals surface area contributed by atoms with E-state index in [-0.39, 0.29) is 18.0 Å². The summed E-state index contributed by atoms with van der Waals surface area (Å²) in [6, 6.07) is 9.99. The van der Waals surface area contributed by atoms with Gasteiger partial charge in [0.1, 0.15) is 0 Å².